The maximum atomic E-state index is 12.0. The molecule has 0 radical (unpaired) electrons. The van der Waals surface area contributed by atoms with E-state index in [1.807, 2.05) is 32.0 Å². The van der Waals surface area contributed by atoms with Crippen LogP contribution in [0.2, 0.25) is 0 Å². The lowest BCUT2D eigenvalue weighted by Crippen LogP contribution is -2.47. The Morgan fingerprint density at radius 1 is 1.55 bits per heavy atom. The van der Waals surface area contributed by atoms with Crippen molar-refractivity contribution in [1.82, 2.24) is 10.6 Å². The summed E-state index contributed by atoms with van der Waals surface area (Å²) in [5, 5.41) is 6.05. The molecule has 1 heterocycles. The molecule has 0 bridgehead atoms. The Balaban J connectivity index is 1.94. The maximum Gasteiger partial charge on any atom is 0.250 e. The highest BCUT2D eigenvalue weighted by molar-refractivity contribution is 5.81. The Kier molecular flexibility index (Phi) is 5.38. The lowest BCUT2D eigenvalue weighted by atomic mass is 10.1. The first-order valence-corrected chi connectivity index (χ1v) is 7.03. The molecule has 1 fully saturated rings. The number of morpholine rings is 1. The molecule has 20 heavy (non-hydrogen) atoms. The van der Waals surface area contributed by atoms with Crippen molar-refractivity contribution in [3.8, 4) is 5.75 Å². The molecule has 0 spiro atoms. The Hall–Kier alpha value is -1.59. The minimum Gasteiger partial charge on any atom is -0.494 e. The first kappa shape index (κ1) is 14.8. The van der Waals surface area contributed by atoms with Gasteiger partial charge in [0.05, 0.1) is 13.2 Å². The summed E-state index contributed by atoms with van der Waals surface area (Å²) in [6, 6.07) is 5.99. The van der Waals surface area contributed by atoms with Gasteiger partial charge in [-0.1, -0.05) is 12.1 Å². The van der Waals surface area contributed by atoms with Crippen molar-refractivity contribution in [3.05, 3.63) is 29.3 Å². The molecule has 2 N–H and O–H groups in total. The molecule has 1 saturated heterocycles. The van der Waals surface area contributed by atoms with E-state index in [4.69, 9.17) is 9.47 Å². The van der Waals surface area contributed by atoms with Crippen LogP contribution in [0.4, 0.5) is 0 Å². The van der Waals surface area contributed by atoms with E-state index in [9.17, 15) is 4.79 Å². The van der Waals surface area contributed by atoms with Crippen LogP contribution in [0.25, 0.3) is 0 Å². The Labute approximate surface area is 119 Å². The van der Waals surface area contributed by atoms with Crippen LogP contribution in [0.5, 0.6) is 5.75 Å². The van der Waals surface area contributed by atoms with E-state index in [0.717, 1.165) is 23.4 Å². The van der Waals surface area contributed by atoms with Gasteiger partial charge in [0.2, 0.25) is 0 Å². The second-order valence-corrected chi connectivity index (χ2v) is 4.83. The summed E-state index contributed by atoms with van der Waals surface area (Å²) >= 11 is 0. The van der Waals surface area contributed by atoms with Crippen LogP contribution in [0.1, 0.15) is 18.1 Å². The molecule has 5 nitrogen and oxygen atoms in total. The largest absolute Gasteiger partial charge is 0.494 e. The molecular weight excluding hydrogens is 256 g/mol. The van der Waals surface area contributed by atoms with Crippen molar-refractivity contribution in [2.75, 3.05) is 26.3 Å². The fourth-order valence-corrected chi connectivity index (χ4v) is 2.13. The normalized spacial score (nSPS) is 18.6. The van der Waals surface area contributed by atoms with Gasteiger partial charge >= 0.3 is 0 Å². The first-order chi connectivity index (χ1) is 9.70. The average molecular weight is 278 g/mol. The standard InChI is InChI=1S/C15H22N2O3/c1-3-19-13-8-11(2)4-5-12(13)9-17-15(18)14-10-16-6-7-20-14/h4-5,8,14,16H,3,6-7,9-10H2,1-2H3,(H,17,18). The number of nitrogens with one attached hydrogen (secondary N) is 2. The summed E-state index contributed by atoms with van der Waals surface area (Å²) < 4.78 is 11.0. The molecule has 1 aliphatic heterocycles. The van der Waals surface area contributed by atoms with Crippen LogP contribution in [0, 0.1) is 6.92 Å². The van der Waals surface area contributed by atoms with Crippen LogP contribution >= 0.6 is 0 Å². The van der Waals surface area contributed by atoms with E-state index in [1.165, 1.54) is 0 Å². The topological polar surface area (TPSA) is 59.6 Å². The highest BCUT2D eigenvalue weighted by atomic mass is 16.5. The zero-order valence-corrected chi connectivity index (χ0v) is 12.1. The van der Waals surface area contributed by atoms with E-state index in [2.05, 4.69) is 10.6 Å². The summed E-state index contributed by atoms with van der Waals surface area (Å²) in [6.45, 7) is 6.98. The second kappa shape index (κ2) is 7.26. The van der Waals surface area contributed by atoms with E-state index in [0.29, 0.717) is 26.3 Å². The Morgan fingerprint density at radius 2 is 2.40 bits per heavy atom. The van der Waals surface area contributed by atoms with E-state index in [-0.39, 0.29) is 5.91 Å². The third kappa shape index (κ3) is 3.95. The van der Waals surface area contributed by atoms with Gasteiger partial charge in [-0.05, 0) is 25.5 Å². The SMILES string of the molecule is CCOc1cc(C)ccc1CNC(=O)C1CNCCO1. The van der Waals surface area contributed by atoms with Crippen LogP contribution in [0.3, 0.4) is 0 Å². The van der Waals surface area contributed by atoms with Gasteiger partial charge in [-0.25, -0.2) is 0 Å². The molecule has 0 saturated carbocycles. The Bertz CT molecular complexity index is 456. The van der Waals surface area contributed by atoms with Crippen molar-refractivity contribution in [1.29, 1.82) is 0 Å². The molecule has 1 aromatic carbocycles. The quantitative estimate of drug-likeness (QED) is 0.843. The fraction of sp³-hybridized carbons (Fsp3) is 0.533. The summed E-state index contributed by atoms with van der Waals surface area (Å²) in [5.41, 5.74) is 2.12. The molecule has 1 atom stereocenters. The summed E-state index contributed by atoms with van der Waals surface area (Å²) in [6.07, 6.45) is -0.398. The van der Waals surface area contributed by atoms with Gasteiger partial charge < -0.3 is 20.1 Å². The summed E-state index contributed by atoms with van der Waals surface area (Å²) in [7, 11) is 0. The van der Waals surface area contributed by atoms with Crippen molar-refractivity contribution in [3.63, 3.8) is 0 Å². The molecule has 1 unspecified atom stereocenters. The second-order valence-electron chi connectivity index (χ2n) is 4.83. The lowest BCUT2D eigenvalue weighted by molar-refractivity contribution is -0.134. The number of hydrogen-bond donors (Lipinski definition) is 2. The number of aryl methyl sites for hydroxylation is 1. The van der Waals surface area contributed by atoms with E-state index in [1.54, 1.807) is 0 Å². The molecule has 2 rings (SSSR count). The average Bonchev–Trinajstić information content (AvgIpc) is 2.47. The van der Waals surface area contributed by atoms with Crippen LogP contribution in [-0.2, 0) is 16.1 Å². The zero-order chi connectivity index (χ0) is 14.4. The van der Waals surface area contributed by atoms with Crippen molar-refractivity contribution < 1.29 is 14.3 Å². The minimum atomic E-state index is -0.398. The molecule has 110 valence electrons. The molecule has 1 aliphatic rings. The molecule has 1 aromatic rings. The number of ether oxygens (including phenoxy) is 2. The number of hydrogen-bond acceptors (Lipinski definition) is 4. The third-order valence-electron chi connectivity index (χ3n) is 3.20. The molecule has 0 aliphatic carbocycles. The predicted molar refractivity (Wildman–Crippen MR) is 76.8 cm³/mol. The van der Waals surface area contributed by atoms with E-state index >= 15 is 0 Å². The maximum absolute atomic E-state index is 12.0. The highest BCUT2D eigenvalue weighted by Gasteiger charge is 2.21. The Morgan fingerprint density at radius 3 is 3.10 bits per heavy atom. The predicted octanol–water partition coefficient (Wildman–Crippen LogP) is 0.998. The van der Waals surface area contributed by atoms with Crippen LogP contribution in [0.15, 0.2) is 18.2 Å². The summed E-state index contributed by atoms with van der Waals surface area (Å²) in [5.74, 6) is 0.746. The highest BCUT2D eigenvalue weighted by Crippen LogP contribution is 2.20. The van der Waals surface area contributed by atoms with E-state index < -0.39 is 6.10 Å². The fourth-order valence-electron chi connectivity index (χ4n) is 2.13. The van der Waals surface area contributed by atoms with Crippen molar-refractivity contribution >= 4 is 5.91 Å². The molecule has 0 aromatic heterocycles. The lowest BCUT2D eigenvalue weighted by Gasteiger charge is -2.23. The van der Waals surface area contributed by atoms with Gasteiger partial charge in [0.15, 0.2) is 0 Å². The smallest absolute Gasteiger partial charge is 0.250 e. The minimum absolute atomic E-state index is 0.0831. The first-order valence-electron chi connectivity index (χ1n) is 7.03. The summed E-state index contributed by atoms with van der Waals surface area (Å²) in [4.78, 5) is 12.0. The van der Waals surface area contributed by atoms with Gasteiger partial charge in [0.25, 0.3) is 5.91 Å². The van der Waals surface area contributed by atoms with Gasteiger partial charge in [-0.3, -0.25) is 4.79 Å². The van der Waals surface area contributed by atoms with Gasteiger partial charge in [-0.2, -0.15) is 0 Å². The third-order valence-corrected chi connectivity index (χ3v) is 3.20. The molecule has 1 amide bonds. The number of amides is 1. The number of rotatable bonds is 5. The van der Waals surface area contributed by atoms with Crippen LogP contribution < -0.4 is 15.4 Å². The molecular formula is C15H22N2O3. The number of carbonyl (C=O) groups excluding carboxylic acids is 1. The zero-order valence-electron chi connectivity index (χ0n) is 12.1. The molecule has 5 heteroatoms. The number of carbonyl (C=O) groups is 1. The van der Waals surface area contributed by atoms with Crippen LogP contribution in [-0.4, -0.2) is 38.3 Å². The van der Waals surface area contributed by atoms with Gasteiger partial charge in [-0.15, -0.1) is 0 Å². The van der Waals surface area contributed by atoms with Crippen molar-refractivity contribution in [2.45, 2.75) is 26.5 Å². The van der Waals surface area contributed by atoms with Crippen molar-refractivity contribution in [2.24, 2.45) is 0 Å². The van der Waals surface area contributed by atoms with Gasteiger partial charge in [0, 0.05) is 25.2 Å². The monoisotopic (exact) mass is 278 g/mol. The number of benzene rings is 1. The van der Waals surface area contributed by atoms with Gasteiger partial charge in [0.1, 0.15) is 11.9 Å².